The van der Waals surface area contributed by atoms with Gasteiger partial charge in [-0.15, -0.1) is 13.2 Å². The highest BCUT2D eigenvalue weighted by molar-refractivity contribution is 14.1. The normalized spacial score (nSPS) is 11.6. The molecule has 0 N–H and O–H groups in total. The van der Waals surface area contributed by atoms with Crippen LogP contribution in [-0.2, 0) is 5.33 Å². The Morgan fingerprint density at radius 1 is 1.53 bits per heavy atom. The van der Waals surface area contributed by atoms with Gasteiger partial charge in [-0.1, -0.05) is 15.9 Å². The van der Waals surface area contributed by atoms with Gasteiger partial charge in [0, 0.05) is 5.33 Å². The lowest BCUT2D eigenvalue weighted by molar-refractivity contribution is -0.275. The van der Waals surface area contributed by atoms with Crippen molar-refractivity contribution in [1.82, 2.24) is 4.98 Å². The van der Waals surface area contributed by atoms with Crippen molar-refractivity contribution in [2.75, 3.05) is 0 Å². The highest BCUT2D eigenvalue weighted by Gasteiger charge is 2.33. The van der Waals surface area contributed by atoms with E-state index >= 15 is 0 Å². The summed E-state index contributed by atoms with van der Waals surface area (Å²) in [6, 6.07) is 1.55. The van der Waals surface area contributed by atoms with Gasteiger partial charge in [-0.25, -0.2) is 4.98 Å². The molecule has 1 heterocycles. The molecule has 2 nitrogen and oxygen atoms in total. The molecular weight excluding hydrogens is 390 g/mol. The van der Waals surface area contributed by atoms with Gasteiger partial charge in [0.15, 0.2) is 5.75 Å². The predicted molar refractivity (Wildman–Crippen MR) is 61.0 cm³/mol. The van der Waals surface area contributed by atoms with Crippen molar-refractivity contribution in [3.63, 3.8) is 0 Å². The summed E-state index contributed by atoms with van der Waals surface area (Å²) in [5.74, 6) is -0.229. The van der Waals surface area contributed by atoms with Crippen LogP contribution in [0.3, 0.4) is 0 Å². The molecule has 15 heavy (non-hydrogen) atoms. The van der Waals surface area contributed by atoms with E-state index in [1.54, 1.807) is 35.6 Å². The number of hydrogen-bond donors (Lipinski definition) is 0. The lowest BCUT2D eigenvalue weighted by atomic mass is 10.2. The van der Waals surface area contributed by atoms with Crippen LogP contribution in [0, 0.1) is 10.6 Å². The Bertz CT molecular complexity index is 346. The molecule has 0 saturated carbocycles. The SMILES string of the molecule is Cc1cc(CBr)nc(I)c1OC(F)(F)F. The highest BCUT2D eigenvalue weighted by atomic mass is 127. The van der Waals surface area contributed by atoms with Crippen LogP contribution in [0.15, 0.2) is 6.07 Å². The molecule has 1 aromatic heterocycles. The molecule has 0 spiro atoms. The van der Waals surface area contributed by atoms with Crippen molar-refractivity contribution >= 4 is 38.5 Å². The second-order valence-electron chi connectivity index (χ2n) is 2.73. The topological polar surface area (TPSA) is 22.1 Å². The van der Waals surface area contributed by atoms with Crippen molar-refractivity contribution in [2.24, 2.45) is 0 Å². The number of ether oxygens (including phenoxy) is 1. The van der Waals surface area contributed by atoms with Crippen LogP contribution in [0.4, 0.5) is 13.2 Å². The van der Waals surface area contributed by atoms with E-state index in [1.807, 2.05) is 0 Å². The summed E-state index contributed by atoms with van der Waals surface area (Å²) >= 11 is 4.90. The van der Waals surface area contributed by atoms with Gasteiger partial charge in [-0.2, -0.15) is 0 Å². The molecule has 0 aliphatic rings. The van der Waals surface area contributed by atoms with Gasteiger partial charge in [0.2, 0.25) is 0 Å². The second-order valence-corrected chi connectivity index (χ2v) is 4.31. The van der Waals surface area contributed by atoms with Crippen molar-refractivity contribution in [1.29, 1.82) is 0 Å². The fourth-order valence-electron chi connectivity index (χ4n) is 0.994. The lowest BCUT2D eigenvalue weighted by Gasteiger charge is -2.13. The van der Waals surface area contributed by atoms with Gasteiger partial charge in [0.25, 0.3) is 0 Å². The third-order valence-corrected chi connectivity index (χ3v) is 2.83. The fraction of sp³-hybridized carbons (Fsp3) is 0.375. The van der Waals surface area contributed by atoms with Gasteiger partial charge in [0.05, 0.1) is 5.69 Å². The summed E-state index contributed by atoms with van der Waals surface area (Å²) in [4.78, 5) is 3.95. The van der Waals surface area contributed by atoms with Crippen LogP contribution >= 0.6 is 38.5 Å². The third kappa shape index (κ3) is 3.78. The van der Waals surface area contributed by atoms with Crippen LogP contribution in [0.2, 0.25) is 0 Å². The zero-order valence-corrected chi connectivity index (χ0v) is 11.3. The summed E-state index contributed by atoms with van der Waals surface area (Å²) in [5.41, 5.74) is 1.09. The van der Waals surface area contributed by atoms with E-state index in [9.17, 15) is 13.2 Å². The minimum Gasteiger partial charge on any atom is -0.403 e. The van der Waals surface area contributed by atoms with Gasteiger partial charge in [-0.05, 0) is 41.1 Å². The van der Waals surface area contributed by atoms with Gasteiger partial charge in [0.1, 0.15) is 3.70 Å². The number of hydrogen-bond acceptors (Lipinski definition) is 2. The van der Waals surface area contributed by atoms with E-state index in [0.29, 0.717) is 16.6 Å². The molecule has 0 radical (unpaired) electrons. The number of halogens is 5. The van der Waals surface area contributed by atoms with Gasteiger partial charge >= 0.3 is 6.36 Å². The summed E-state index contributed by atoms with van der Waals surface area (Å²) in [7, 11) is 0. The van der Waals surface area contributed by atoms with Crippen molar-refractivity contribution in [3.8, 4) is 5.75 Å². The number of nitrogens with zero attached hydrogens (tertiary/aromatic N) is 1. The number of aromatic nitrogens is 1. The molecule has 0 atom stereocenters. The first kappa shape index (κ1) is 13.0. The maximum absolute atomic E-state index is 12.0. The van der Waals surface area contributed by atoms with Gasteiger partial charge in [-0.3, -0.25) is 0 Å². The fourth-order valence-corrected chi connectivity index (χ4v) is 2.13. The molecule has 0 bridgehead atoms. The first-order valence-corrected chi connectivity index (χ1v) is 6.01. The summed E-state index contributed by atoms with van der Waals surface area (Å²) < 4.78 is 40.1. The van der Waals surface area contributed by atoms with Crippen molar-refractivity contribution in [3.05, 3.63) is 21.0 Å². The molecule has 0 aromatic carbocycles. The molecule has 0 aliphatic heterocycles. The quantitative estimate of drug-likeness (QED) is 0.432. The Morgan fingerprint density at radius 3 is 2.53 bits per heavy atom. The van der Waals surface area contributed by atoms with E-state index in [-0.39, 0.29) is 9.45 Å². The van der Waals surface area contributed by atoms with Crippen LogP contribution in [0.1, 0.15) is 11.3 Å². The maximum atomic E-state index is 12.0. The summed E-state index contributed by atoms with van der Waals surface area (Å²) in [6.07, 6.45) is -4.68. The molecule has 7 heteroatoms. The van der Waals surface area contributed by atoms with E-state index in [0.717, 1.165) is 0 Å². The summed E-state index contributed by atoms with van der Waals surface area (Å²) in [5, 5.41) is 0.496. The Morgan fingerprint density at radius 2 is 2.13 bits per heavy atom. The number of rotatable bonds is 2. The van der Waals surface area contributed by atoms with Crippen LogP contribution in [0.5, 0.6) is 5.75 Å². The van der Waals surface area contributed by atoms with E-state index in [1.165, 1.54) is 0 Å². The monoisotopic (exact) mass is 395 g/mol. The average molecular weight is 396 g/mol. The Balaban J connectivity index is 3.09. The maximum Gasteiger partial charge on any atom is 0.573 e. The molecule has 0 amide bonds. The molecule has 0 aliphatic carbocycles. The minimum absolute atomic E-state index is 0.208. The third-order valence-electron chi connectivity index (χ3n) is 1.53. The zero-order valence-electron chi connectivity index (χ0n) is 7.53. The lowest BCUT2D eigenvalue weighted by Crippen LogP contribution is -2.19. The molecule has 0 saturated heterocycles. The van der Waals surface area contributed by atoms with E-state index in [4.69, 9.17) is 0 Å². The molecular formula is C8H6BrF3INO. The Kier molecular flexibility index (Phi) is 4.21. The van der Waals surface area contributed by atoms with Crippen LogP contribution < -0.4 is 4.74 Å². The average Bonchev–Trinajstić information content (AvgIpc) is 2.09. The molecule has 1 rings (SSSR count). The molecule has 0 unspecified atom stereocenters. The smallest absolute Gasteiger partial charge is 0.403 e. The largest absolute Gasteiger partial charge is 0.573 e. The molecule has 1 aromatic rings. The van der Waals surface area contributed by atoms with Crippen molar-refractivity contribution < 1.29 is 17.9 Å². The van der Waals surface area contributed by atoms with Crippen molar-refractivity contribution in [2.45, 2.75) is 18.6 Å². The predicted octanol–water partition coefficient (Wildman–Crippen LogP) is 3.79. The Labute approximate surface area is 106 Å². The number of alkyl halides is 4. The number of aryl methyl sites for hydroxylation is 1. The summed E-state index contributed by atoms with van der Waals surface area (Å²) in [6.45, 7) is 1.55. The van der Waals surface area contributed by atoms with Crippen LogP contribution in [-0.4, -0.2) is 11.3 Å². The molecule has 84 valence electrons. The minimum atomic E-state index is -4.68. The first-order valence-electron chi connectivity index (χ1n) is 3.81. The second kappa shape index (κ2) is 4.86. The van der Waals surface area contributed by atoms with E-state index < -0.39 is 6.36 Å². The first-order chi connectivity index (χ1) is 6.83. The van der Waals surface area contributed by atoms with E-state index in [2.05, 4.69) is 25.7 Å². The molecule has 0 fully saturated rings. The number of pyridine rings is 1. The van der Waals surface area contributed by atoms with Gasteiger partial charge < -0.3 is 4.74 Å². The standard InChI is InChI=1S/C8H6BrF3INO/c1-4-2-5(3-9)14-7(13)6(4)15-8(10,11)12/h2H,3H2,1H3. The zero-order chi connectivity index (χ0) is 11.6. The highest BCUT2D eigenvalue weighted by Crippen LogP contribution is 2.30. The van der Waals surface area contributed by atoms with Crippen LogP contribution in [0.25, 0.3) is 0 Å². The Hall–Kier alpha value is -0.0500.